The van der Waals surface area contributed by atoms with Crippen molar-refractivity contribution in [3.05, 3.63) is 66.0 Å². The van der Waals surface area contributed by atoms with Gasteiger partial charge in [0.2, 0.25) is 5.91 Å². The number of pyridine rings is 1. The topological polar surface area (TPSA) is 61.9 Å². The van der Waals surface area contributed by atoms with Gasteiger partial charge < -0.3 is 0 Å². The Morgan fingerprint density at radius 2 is 1.81 bits per heavy atom. The number of aromatic amines is 1. The Morgan fingerprint density at radius 3 is 2.50 bits per heavy atom. The van der Waals surface area contributed by atoms with Gasteiger partial charge in [0.05, 0.1) is 5.69 Å². The first-order valence-electron chi connectivity index (χ1n) is 8.32. The van der Waals surface area contributed by atoms with Crippen LogP contribution in [0.2, 0.25) is 0 Å². The molecule has 1 N–H and O–H groups in total. The lowest BCUT2D eigenvalue weighted by atomic mass is 9.89. The van der Waals surface area contributed by atoms with Crippen molar-refractivity contribution in [1.29, 1.82) is 0 Å². The van der Waals surface area contributed by atoms with Crippen molar-refractivity contribution in [2.75, 3.05) is 11.4 Å². The molecule has 1 fully saturated rings. The van der Waals surface area contributed by atoms with Gasteiger partial charge in [0.1, 0.15) is 17.5 Å². The first-order chi connectivity index (χ1) is 12.6. The van der Waals surface area contributed by atoms with Gasteiger partial charge in [0, 0.05) is 43.1 Å². The average Bonchev–Trinajstić information content (AvgIpc) is 3.11. The molecule has 0 spiro atoms. The van der Waals surface area contributed by atoms with Crippen molar-refractivity contribution in [3.8, 4) is 11.3 Å². The van der Waals surface area contributed by atoms with Crippen LogP contribution < -0.4 is 4.90 Å². The molecule has 3 heterocycles. The summed E-state index contributed by atoms with van der Waals surface area (Å²) < 4.78 is 26.9. The maximum absolute atomic E-state index is 13.4. The normalized spacial score (nSPS) is 17.5. The highest BCUT2D eigenvalue weighted by Gasteiger charge is 2.29. The van der Waals surface area contributed by atoms with Crippen molar-refractivity contribution >= 4 is 11.7 Å². The maximum Gasteiger partial charge on any atom is 0.228 e. The van der Waals surface area contributed by atoms with Crippen LogP contribution in [-0.2, 0) is 4.79 Å². The zero-order valence-electron chi connectivity index (χ0n) is 13.8. The van der Waals surface area contributed by atoms with Crippen LogP contribution in [-0.4, -0.2) is 27.6 Å². The second kappa shape index (κ2) is 6.67. The molecule has 132 valence electrons. The maximum atomic E-state index is 13.4. The van der Waals surface area contributed by atoms with Crippen LogP contribution >= 0.6 is 0 Å². The van der Waals surface area contributed by atoms with Crippen molar-refractivity contribution in [2.24, 2.45) is 0 Å². The Bertz CT molecular complexity index is 921. The van der Waals surface area contributed by atoms with Crippen LogP contribution in [0, 0.1) is 11.6 Å². The Morgan fingerprint density at radius 1 is 1.08 bits per heavy atom. The van der Waals surface area contributed by atoms with E-state index in [9.17, 15) is 13.6 Å². The highest BCUT2D eigenvalue weighted by atomic mass is 19.1. The molecule has 0 radical (unpaired) electrons. The Balaban J connectivity index is 1.51. The standard InChI is InChI=1S/C19H16F2N4O/c20-15-7-14(8-16(21)10-15)13-3-6-25(19(26)9-13)18-11-17(23-24-18)12-1-4-22-5-2-12/h1-2,4-5,7-8,10-11,13H,3,6,9H2,(H,23,24). The van der Waals surface area contributed by atoms with Gasteiger partial charge in [-0.25, -0.2) is 8.78 Å². The molecule has 2 aromatic heterocycles. The number of aromatic nitrogens is 3. The van der Waals surface area contributed by atoms with Gasteiger partial charge in [-0.3, -0.25) is 19.8 Å². The van der Waals surface area contributed by atoms with E-state index in [0.717, 1.165) is 17.3 Å². The summed E-state index contributed by atoms with van der Waals surface area (Å²) in [6, 6.07) is 8.93. The van der Waals surface area contributed by atoms with E-state index < -0.39 is 11.6 Å². The Labute approximate surface area is 148 Å². The zero-order chi connectivity index (χ0) is 18.1. The smallest absolute Gasteiger partial charge is 0.228 e. The number of anilines is 1. The van der Waals surface area contributed by atoms with Gasteiger partial charge in [0.25, 0.3) is 0 Å². The van der Waals surface area contributed by atoms with Crippen molar-refractivity contribution in [2.45, 2.75) is 18.8 Å². The molecule has 0 aliphatic carbocycles. The van der Waals surface area contributed by atoms with Crippen LogP contribution in [0.1, 0.15) is 24.3 Å². The highest BCUT2D eigenvalue weighted by molar-refractivity contribution is 5.94. The van der Waals surface area contributed by atoms with E-state index in [0.29, 0.717) is 24.3 Å². The molecule has 26 heavy (non-hydrogen) atoms. The molecule has 1 aliphatic rings. The fraction of sp³-hybridized carbons (Fsp3) is 0.211. The summed E-state index contributed by atoms with van der Waals surface area (Å²) in [6.07, 6.45) is 4.18. The summed E-state index contributed by atoms with van der Waals surface area (Å²) in [5, 5.41) is 7.14. The van der Waals surface area contributed by atoms with E-state index in [-0.39, 0.29) is 18.2 Å². The number of hydrogen-bond acceptors (Lipinski definition) is 3. The van der Waals surface area contributed by atoms with Crippen molar-refractivity contribution in [3.63, 3.8) is 0 Å². The molecule has 5 nitrogen and oxygen atoms in total. The number of H-pyrrole nitrogens is 1. The first-order valence-corrected chi connectivity index (χ1v) is 8.32. The molecule has 0 saturated carbocycles. The van der Waals surface area contributed by atoms with E-state index in [2.05, 4.69) is 15.2 Å². The fourth-order valence-corrected chi connectivity index (χ4v) is 3.30. The molecular weight excluding hydrogens is 338 g/mol. The molecule has 7 heteroatoms. The largest absolute Gasteiger partial charge is 0.297 e. The molecule has 1 saturated heterocycles. The third kappa shape index (κ3) is 3.20. The van der Waals surface area contributed by atoms with Gasteiger partial charge in [-0.05, 0) is 42.2 Å². The molecule has 1 aliphatic heterocycles. The van der Waals surface area contributed by atoms with Gasteiger partial charge in [-0.15, -0.1) is 0 Å². The Hall–Kier alpha value is -3.09. The number of benzene rings is 1. The molecule has 1 unspecified atom stereocenters. The zero-order valence-corrected chi connectivity index (χ0v) is 13.8. The molecule has 3 aromatic rings. The summed E-state index contributed by atoms with van der Waals surface area (Å²) in [7, 11) is 0. The number of amides is 1. The quantitative estimate of drug-likeness (QED) is 0.781. The Kier molecular flexibility index (Phi) is 4.20. The van der Waals surface area contributed by atoms with E-state index in [1.54, 1.807) is 17.3 Å². The van der Waals surface area contributed by atoms with Gasteiger partial charge in [-0.1, -0.05) is 0 Å². The number of hydrogen-bond donors (Lipinski definition) is 1. The van der Waals surface area contributed by atoms with Crippen LogP contribution in [0.15, 0.2) is 48.8 Å². The number of carbonyl (C=O) groups excluding carboxylic acids is 1. The van der Waals surface area contributed by atoms with E-state index in [1.165, 1.54) is 12.1 Å². The summed E-state index contributed by atoms with van der Waals surface area (Å²) in [5.74, 6) is -0.913. The van der Waals surface area contributed by atoms with E-state index in [4.69, 9.17) is 0 Å². The molecule has 0 bridgehead atoms. The van der Waals surface area contributed by atoms with Crippen molar-refractivity contribution in [1.82, 2.24) is 15.2 Å². The van der Waals surface area contributed by atoms with Gasteiger partial charge in [0.15, 0.2) is 0 Å². The molecular formula is C19H16F2N4O. The van der Waals surface area contributed by atoms with Gasteiger partial charge in [-0.2, -0.15) is 5.10 Å². The minimum Gasteiger partial charge on any atom is -0.297 e. The van der Waals surface area contributed by atoms with E-state index in [1.807, 2.05) is 18.2 Å². The minimum absolute atomic E-state index is 0.101. The lowest BCUT2D eigenvalue weighted by molar-refractivity contribution is -0.120. The second-order valence-electron chi connectivity index (χ2n) is 6.31. The van der Waals surface area contributed by atoms with Gasteiger partial charge >= 0.3 is 0 Å². The number of nitrogens with one attached hydrogen (secondary N) is 1. The first kappa shape index (κ1) is 16.4. The fourth-order valence-electron chi connectivity index (χ4n) is 3.30. The number of rotatable bonds is 3. The summed E-state index contributed by atoms with van der Waals surface area (Å²) in [6.45, 7) is 0.458. The van der Waals surface area contributed by atoms with Crippen LogP contribution in [0.25, 0.3) is 11.3 Å². The predicted octanol–water partition coefficient (Wildman–Crippen LogP) is 3.66. The molecule has 1 atom stereocenters. The summed E-state index contributed by atoms with van der Waals surface area (Å²) in [4.78, 5) is 18.2. The van der Waals surface area contributed by atoms with E-state index >= 15 is 0 Å². The third-order valence-electron chi connectivity index (χ3n) is 4.61. The van der Waals surface area contributed by atoms with Crippen LogP contribution in [0.3, 0.4) is 0 Å². The van der Waals surface area contributed by atoms with Crippen molar-refractivity contribution < 1.29 is 13.6 Å². The monoisotopic (exact) mass is 354 g/mol. The number of nitrogens with zero attached hydrogens (tertiary/aromatic N) is 3. The lowest BCUT2D eigenvalue weighted by Gasteiger charge is -2.30. The predicted molar refractivity (Wildman–Crippen MR) is 92.5 cm³/mol. The van der Waals surface area contributed by atoms with Crippen LogP contribution in [0.5, 0.6) is 0 Å². The number of halogens is 2. The molecule has 4 rings (SSSR count). The third-order valence-corrected chi connectivity index (χ3v) is 4.61. The SMILES string of the molecule is O=C1CC(c2cc(F)cc(F)c2)CCN1c1cc(-c2ccncc2)n[nH]1. The average molecular weight is 354 g/mol. The summed E-state index contributed by atoms with van der Waals surface area (Å²) in [5.41, 5.74) is 2.15. The minimum atomic E-state index is -0.620. The summed E-state index contributed by atoms with van der Waals surface area (Å²) >= 11 is 0. The number of carbonyl (C=O) groups is 1. The van der Waals surface area contributed by atoms with Crippen LogP contribution in [0.4, 0.5) is 14.6 Å². The number of piperidine rings is 1. The lowest BCUT2D eigenvalue weighted by Crippen LogP contribution is -2.38. The highest BCUT2D eigenvalue weighted by Crippen LogP contribution is 2.32. The second-order valence-corrected chi connectivity index (χ2v) is 6.31. The molecule has 1 aromatic carbocycles. The molecule has 1 amide bonds.